The second kappa shape index (κ2) is 6.94. The molecule has 7 nitrogen and oxygen atoms in total. The fourth-order valence-electron chi connectivity index (χ4n) is 3.58. The number of hydrogen-bond donors (Lipinski definition) is 2. The number of aromatic nitrogens is 4. The van der Waals surface area contributed by atoms with Gasteiger partial charge in [-0.15, -0.1) is 0 Å². The summed E-state index contributed by atoms with van der Waals surface area (Å²) in [5.74, 6) is 1.49. The number of benzene rings is 2. The summed E-state index contributed by atoms with van der Waals surface area (Å²) in [6, 6.07) is 14.4. The van der Waals surface area contributed by atoms with Crippen LogP contribution in [0.2, 0.25) is 0 Å². The molecule has 0 spiro atoms. The van der Waals surface area contributed by atoms with Crippen molar-refractivity contribution >= 4 is 28.4 Å². The van der Waals surface area contributed by atoms with Gasteiger partial charge in [0.05, 0.1) is 18.3 Å². The Bertz CT molecular complexity index is 1140. The molecule has 0 fully saturated rings. The lowest BCUT2D eigenvalue weighted by atomic mass is 10.1. The molecule has 0 aliphatic carbocycles. The Hall–Kier alpha value is -3.45. The van der Waals surface area contributed by atoms with E-state index in [1.54, 1.807) is 13.3 Å². The summed E-state index contributed by atoms with van der Waals surface area (Å²) in [5.41, 5.74) is 5.78. The van der Waals surface area contributed by atoms with E-state index in [2.05, 4.69) is 43.6 Å². The van der Waals surface area contributed by atoms with Crippen LogP contribution >= 0.6 is 0 Å². The fraction of sp³-hybridized carbons (Fsp3) is 0.190. The molecule has 4 aromatic rings. The molecule has 0 amide bonds. The first kappa shape index (κ1) is 16.7. The van der Waals surface area contributed by atoms with Gasteiger partial charge < -0.3 is 15.0 Å². The summed E-state index contributed by atoms with van der Waals surface area (Å²) in [5, 5.41) is 11.4. The van der Waals surface area contributed by atoms with E-state index in [4.69, 9.17) is 9.72 Å². The number of nitrogens with one attached hydrogen (secondary N) is 2. The summed E-state index contributed by atoms with van der Waals surface area (Å²) in [7, 11) is 1.72. The molecule has 0 atom stereocenters. The highest BCUT2D eigenvalue weighted by molar-refractivity contribution is 5.82. The van der Waals surface area contributed by atoms with Gasteiger partial charge in [-0.05, 0) is 41.0 Å². The first-order valence-corrected chi connectivity index (χ1v) is 9.16. The summed E-state index contributed by atoms with van der Waals surface area (Å²) in [6.45, 7) is 2.24. The van der Waals surface area contributed by atoms with E-state index in [-0.39, 0.29) is 0 Å². The topological polar surface area (TPSA) is 79.0 Å². The van der Waals surface area contributed by atoms with Crippen molar-refractivity contribution in [3.8, 4) is 0 Å². The fourth-order valence-corrected chi connectivity index (χ4v) is 3.58. The number of H-pyrrole nitrogens is 1. The van der Waals surface area contributed by atoms with Crippen molar-refractivity contribution in [1.29, 1.82) is 0 Å². The Morgan fingerprint density at radius 3 is 2.96 bits per heavy atom. The Balaban J connectivity index is 1.35. The van der Waals surface area contributed by atoms with Crippen LogP contribution in [0, 0.1) is 0 Å². The molecule has 3 heterocycles. The minimum atomic E-state index is 0.629. The van der Waals surface area contributed by atoms with E-state index in [1.165, 1.54) is 16.7 Å². The van der Waals surface area contributed by atoms with Crippen LogP contribution < -0.4 is 10.2 Å². The number of hydrogen-bond acceptors (Lipinski definition) is 6. The average Bonchev–Trinajstić information content (AvgIpc) is 3.34. The SMILES string of the molecule is COCc1ccc2c(c1)CN(c1nccc(Nc3ccc4[nH]ncc4c3)n1)C2. The third-order valence-electron chi connectivity index (χ3n) is 4.94. The lowest BCUT2D eigenvalue weighted by Gasteiger charge is -2.16. The lowest BCUT2D eigenvalue weighted by molar-refractivity contribution is 0.185. The molecule has 1 aliphatic heterocycles. The molecule has 28 heavy (non-hydrogen) atoms. The minimum absolute atomic E-state index is 0.629. The van der Waals surface area contributed by atoms with Crippen LogP contribution in [0.5, 0.6) is 0 Å². The van der Waals surface area contributed by atoms with Gasteiger partial charge in [-0.3, -0.25) is 5.10 Å². The van der Waals surface area contributed by atoms with Crippen molar-refractivity contribution < 1.29 is 4.74 Å². The highest BCUT2D eigenvalue weighted by Crippen LogP contribution is 2.28. The van der Waals surface area contributed by atoms with Gasteiger partial charge in [0.15, 0.2) is 0 Å². The molecule has 140 valence electrons. The molecule has 0 radical (unpaired) electrons. The van der Waals surface area contributed by atoms with Gasteiger partial charge in [-0.1, -0.05) is 18.2 Å². The maximum absolute atomic E-state index is 5.24. The monoisotopic (exact) mass is 372 g/mol. The summed E-state index contributed by atoms with van der Waals surface area (Å²) in [6.07, 6.45) is 3.60. The molecule has 0 saturated heterocycles. The highest BCUT2D eigenvalue weighted by atomic mass is 16.5. The zero-order chi connectivity index (χ0) is 18.9. The van der Waals surface area contributed by atoms with Crippen LogP contribution in [0.3, 0.4) is 0 Å². The van der Waals surface area contributed by atoms with Crippen molar-refractivity contribution in [2.75, 3.05) is 17.3 Å². The first-order chi connectivity index (χ1) is 13.8. The first-order valence-electron chi connectivity index (χ1n) is 9.16. The number of methoxy groups -OCH3 is 1. The zero-order valence-corrected chi connectivity index (χ0v) is 15.5. The molecule has 0 saturated carbocycles. The van der Waals surface area contributed by atoms with Crippen LogP contribution in [-0.2, 0) is 24.4 Å². The molecule has 2 aromatic carbocycles. The smallest absolute Gasteiger partial charge is 0.227 e. The lowest BCUT2D eigenvalue weighted by Crippen LogP contribution is -2.17. The van der Waals surface area contributed by atoms with E-state index >= 15 is 0 Å². The van der Waals surface area contributed by atoms with E-state index < -0.39 is 0 Å². The van der Waals surface area contributed by atoms with Gasteiger partial charge in [0.25, 0.3) is 0 Å². The minimum Gasteiger partial charge on any atom is -0.380 e. The molecular formula is C21H20N6O. The van der Waals surface area contributed by atoms with Crippen molar-refractivity contribution in [3.63, 3.8) is 0 Å². The second-order valence-corrected chi connectivity index (χ2v) is 6.93. The molecule has 2 aromatic heterocycles. The third kappa shape index (κ3) is 3.16. The number of ether oxygens (including phenoxy) is 1. The molecule has 0 bridgehead atoms. The second-order valence-electron chi connectivity index (χ2n) is 6.93. The van der Waals surface area contributed by atoms with Gasteiger partial charge >= 0.3 is 0 Å². The Labute approximate surface area is 162 Å². The maximum Gasteiger partial charge on any atom is 0.227 e. The van der Waals surface area contributed by atoms with Crippen molar-refractivity contribution in [1.82, 2.24) is 20.2 Å². The molecule has 1 aliphatic rings. The van der Waals surface area contributed by atoms with E-state index in [1.807, 2.05) is 30.5 Å². The van der Waals surface area contributed by atoms with Crippen LogP contribution in [-0.4, -0.2) is 27.3 Å². The summed E-state index contributed by atoms with van der Waals surface area (Å²) < 4.78 is 5.24. The van der Waals surface area contributed by atoms with Crippen LogP contribution in [0.25, 0.3) is 10.9 Å². The molecule has 7 heteroatoms. The van der Waals surface area contributed by atoms with Crippen molar-refractivity contribution in [2.45, 2.75) is 19.7 Å². The zero-order valence-electron chi connectivity index (χ0n) is 15.5. The van der Waals surface area contributed by atoms with Gasteiger partial charge in [-0.2, -0.15) is 10.1 Å². The van der Waals surface area contributed by atoms with Crippen LogP contribution in [0.1, 0.15) is 16.7 Å². The molecule has 5 rings (SSSR count). The van der Waals surface area contributed by atoms with Crippen LogP contribution in [0.4, 0.5) is 17.5 Å². The highest BCUT2D eigenvalue weighted by Gasteiger charge is 2.21. The van der Waals surface area contributed by atoms with Crippen molar-refractivity contribution in [3.05, 3.63) is 71.5 Å². The number of rotatable bonds is 5. The van der Waals surface area contributed by atoms with Crippen molar-refractivity contribution in [2.24, 2.45) is 0 Å². The predicted octanol–water partition coefficient (Wildman–Crippen LogP) is 3.76. The van der Waals surface area contributed by atoms with E-state index in [0.29, 0.717) is 6.61 Å². The number of fused-ring (bicyclic) bond motifs is 2. The van der Waals surface area contributed by atoms with Gasteiger partial charge in [0.1, 0.15) is 5.82 Å². The standard InChI is InChI=1S/C21H20N6O/c1-28-13-14-2-3-15-11-27(12-17(15)8-14)21-22-7-6-20(25-21)24-18-4-5-19-16(9-18)10-23-26-19/h2-10H,11-13H2,1H3,(H,23,26)(H,22,24,25). The van der Waals surface area contributed by atoms with Gasteiger partial charge in [-0.25, -0.2) is 4.98 Å². The largest absolute Gasteiger partial charge is 0.380 e. The normalized spacial score (nSPS) is 13.1. The number of anilines is 3. The summed E-state index contributed by atoms with van der Waals surface area (Å²) in [4.78, 5) is 11.4. The van der Waals surface area contributed by atoms with Crippen LogP contribution in [0.15, 0.2) is 54.9 Å². The third-order valence-corrected chi connectivity index (χ3v) is 4.94. The average molecular weight is 372 g/mol. The Morgan fingerprint density at radius 2 is 2.04 bits per heavy atom. The predicted molar refractivity (Wildman–Crippen MR) is 108 cm³/mol. The van der Waals surface area contributed by atoms with Gasteiger partial charge in [0.2, 0.25) is 5.95 Å². The number of aromatic amines is 1. The molecular weight excluding hydrogens is 352 g/mol. The van der Waals surface area contributed by atoms with E-state index in [0.717, 1.165) is 41.4 Å². The number of nitrogens with zero attached hydrogens (tertiary/aromatic N) is 4. The molecule has 0 unspecified atom stereocenters. The Morgan fingerprint density at radius 1 is 1.11 bits per heavy atom. The van der Waals surface area contributed by atoms with E-state index in [9.17, 15) is 0 Å². The van der Waals surface area contributed by atoms with Gasteiger partial charge in [0, 0.05) is 37.5 Å². The summed E-state index contributed by atoms with van der Waals surface area (Å²) >= 11 is 0. The quantitative estimate of drug-likeness (QED) is 0.555. The maximum atomic E-state index is 5.24. The Kier molecular flexibility index (Phi) is 4.14. The molecule has 2 N–H and O–H groups in total.